The number of benzene rings is 1. The molecule has 1 heterocycles. The number of rotatable bonds is 6. The fourth-order valence-corrected chi connectivity index (χ4v) is 1.81. The van der Waals surface area contributed by atoms with Gasteiger partial charge in [0.25, 0.3) is 5.91 Å². The van der Waals surface area contributed by atoms with Crippen LogP contribution in [-0.2, 0) is 11.2 Å². The lowest BCUT2D eigenvalue weighted by molar-refractivity contribution is -0.123. The maximum absolute atomic E-state index is 13.0. The zero-order chi connectivity index (χ0) is 15.1. The van der Waals surface area contributed by atoms with Crippen molar-refractivity contribution in [1.29, 1.82) is 0 Å². The van der Waals surface area contributed by atoms with Gasteiger partial charge in [-0.25, -0.2) is 4.39 Å². The fourth-order valence-electron chi connectivity index (χ4n) is 1.64. The molecular formula is C15H14ClFN2O2. The smallest absolute Gasteiger partial charge is 0.257 e. The predicted octanol–water partition coefficient (Wildman–Crippen LogP) is 2.61. The first kappa shape index (κ1) is 15.3. The van der Waals surface area contributed by atoms with Crippen LogP contribution >= 0.6 is 11.6 Å². The normalized spacial score (nSPS) is 10.2. The quantitative estimate of drug-likeness (QED) is 0.892. The molecule has 6 heteroatoms. The summed E-state index contributed by atoms with van der Waals surface area (Å²) in [6.07, 6.45) is 2.35. The molecule has 0 unspecified atom stereocenters. The summed E-state index contributed by atoms with van der Waals surface area (Å²) >= 11 is 5.62. The first-order valence-electron chi connectivity index (χ1n) is 6.39. The van der Waals surface area contributed by atoms with Gasteiger partial charge in [0.05, 0.1) is 5.02 Å². The molecule has 0 spiro atoms. The maximum Gasteiger partial charge on any atom is 0.257 e. The van der Waals surface area contributed by atoms with E-state index in [4.69, 9.17) is 16.3 Å². The van der Waals surface area contributed by atoms with Crippen molar-refractivity contribution in [3.63, 3.8) is 0 Å². The van der Waals surface area contributed by atoms with Crippen LogP contribution in [0.2, 0.25) is 5.02 Å². The van der Waals surface area contributed by atoms with E-state index in [1.807, 2.05) is 18.2 Å². The molecule has 0 saturated carbocycles. The molecule has 110 valence electrons. The van der Waals surface area contributed by atoms with E-state index in [1.54, 1.807) is 6.20 Å². The van der Waals surface area contributed by atoms with Gasteiger partial charge in [0.2, 0.25) is 0 Å². The fraction of sp³-hybridized carbons (Fsp3) is 0.200. The van der Waals surface area contributed by atoms with Crippen LogP contribution in [-0.4, -0.2) is 24.0 Å². The molecular weight excluding hydrogens is 295 g/mol. The lowest BCUT2D eigenvalue weighted by atomic mass is 10.3. The summed E-state index contributed by atoms with van der Waals surface area (Å²) in [7, 11) is 0. The Morgan fingerprint density at radius 1 is 1.33 bits per heavy atom. The van der Waals surface area contributed by atoms with E-state index in [2.05, 4.69) is 10.3 Å². The standard InChI is InChI=1S/C15H14ClFN2O2/c16-13-9-12(4-5-14(13)17)21-10-15(20)19-8-6-11-3-1-2-7-18-11/h1-5,7,9H,6,8,10H2,(H,19,20). The van der Waals surface area contributed by atoms with Crippen LogP contribution in [0.1, 0.15) is 5.69 Å². The monoisotopic (exact) mass is 308 g/mol. The number of carbonyl (C=O) groups excluding carboxylic acids is 1. The Balaban J connectivity index is 1.71. The van der Waals surface area contributed by atoms with Gasteiger partial charge in [-0.2, -0.15) is 0 Å². The number of aromatic nitrogens is 1. The molecule has 0 atom stereocenters. The summed E-state index contributed by atoms with van der Waals surface area (Å²) < 4.78 is 18.2. The molecule has 4 nitrogen and oxygen atoms in total. The van der Waals surface area contributed by atoms with E-state index in [0.717, 1.165) is 5.69 Å². The number of nitrogens with zero attached hydrogens (tertiary/aromatic N) is 1. The van der Waals surface area contributed by atoms with Crippen LogP contribution in [0.5, 0.6) is 5.75 Å². The molecule has 1 amide bonds. The summed E-state index contributed by atoms with van der Waals surface area (Å²) in [5.41, 5.74) is 0.907. The Labute approximate surface area is 126 Å². The number of pyridine rings is 1. The minimum atomic E-state index is -0.524. The number of hydrogen-bond donors (Lipinski definition) is 1. The first-order chi connectivity index (χ1) is 10.1. The van der Waals surface area contributed by atoms with Crippen molar-refractivity contribution in [2.75, 3.05) is 13.2 Å². The van der Waals surface area contributed by atoms with E-state index in [9.17, 15) is 9.18 Å². The molecule has 1 aromatic carbocycles. The summed E-state index contributed by atoms with van der Waals surface area (Å²) in [4.78, 5) is 15.7. The molecule has 1 aromatic heterocycles. The summed E-state index contributed by atoms with van der Waals surface area (Å²) in [6.45, 7) is 0.327. The van der Waals surface area contributed by atoms with Crippen LogP contribution in [0, 0.1) is 5.82 Å². The number of ether oxygens (including phenoxy) is 1. The van der Waals surface area contributed by atoms with Crippen molar-refractivity contribution in [3.8, 4) is 5.75 Å². The topological polar surface area (TPSA) is 51.2 Å². The number of nitrogens with one attached hydrogen (secondary N) is 1. The van der Waals surface area contributed by atoms with Gasteiger partial charge in [-0.15, -0.1) is 0 Å². The molecule has 0 aliphatic carbocycles. The SMILES string of the molecule is O=C(COc1ccc(F)c(Cl)c1)NCCc1ccccn1. The summed E-state index contributed by atoms with van der Waals surface area (Å²) in [6, 6.07) is 9.57. The minimum absolute atomic E-state index is 0.0388. The van der Waals surface area contributed by atoms with Crippen LogP contribution in [0.15, 0.2) is 42.6 Å². The minimum Gasteiger partial charge on any atom is -0.484 e. The van der Waals surface area contributed by atoms with E-state index in [1.165, 1.54) is 18.2 Å². The number of hydrogen-bond acceptors (Lipinski definition) is 3. The lowest BCUT2D eigenvalue weighted by Crippen LogP contribution is -2.30. The third-order valence-corrected chi connectivity index (χ3v) is 2.98. The Morgan fingerprint density at radius 3 is 2.90 bits per heavy atom. The van der Waals surface area contributed by atoms with Crippen molar-refractivity contribution in [2.24, 2.45) is 0 Å². The van der Waals surface area contributed by atoms with Crippen molar-refractivity contribution >= 4 is 17.5 Å². The summed E-state index contributed by atoms with van der Waals surface area (Å²) in [5.74, 6) is -0.434. The average Bonchev–Trinajstić information content (AvgIpc) is 2.49. The van der Waals surface area contributed by atoms with Crippen molar-refractivity contribution in [2.45, 2.75) is 6.42 Å². The highest BCUT2D eigenvalue weighted by molar-refractivity contribution is 6.30. The molecule has 0 radical (unpaired) electrons. The number of amides is 1. The highest BCUT2D eigenvalue weighted by Gasteiger charge is 2.05. The summed E-state index contributed by atoms with van der Waals surface area (Å²) in [5, 5.41) is 2.68. The second-order valence-electron chi connectivity index (χ2n) is 4.29. The third kappa shape index (κ3) is 5.04. The predicted molar refractivity (Wildman–Crippen MR) is 77.9 cm³/mol. The molecule has 2 aromatic rings. The highest BCUT2D eigenvalue weighted by atomic mass is 35.5. The first-order valence-corrected chi connectivity index (χ1v) is 6.77. The van der Waals surface area contributed by atoms with Gasteiger partial charge in [-0.3, -0.25) is 9.78 Å². The van der Waals surface area contributed by atoms with Gasteiger partial charge in [-0.05, 0) is 24.3 Å². The Morgan fingerprint density at radius 2 is 2.19 bits per heavy atom. The van der Waals surface area contributed by atoms with Gasteiger partial charge in [0.1, 0.15) is 11.6 Å². The Hall–Kier alpha value is -2.14. The second kappa shape index (κ2) is 7.59. The second-order valence-corrected chi connectivity index (χ2v) is 4.69. The van der Waals surface area contributed by atoms with E-state index < -0.39 is 5.82 Å². The molecule has 1 N–H and O–H groups in total. The van der Waals surface area contributed by atoms with Gasteiger partial charge in [0.15, 0.2) is 6.61 Å². The van der Waals surface area contributed by atoms with Crippen molar-refractivity contribution < 1.29 is 13.9 Å². The van der Waals surface area contributed by atoms with Gasteiger partial charge in [-0.1, -0.05) is 17.7 Å². The van der Waals surface area contributed by atoms with Gasteiger partial charge < -0.3 is 10.1 Å². The highest BCUT2D eigenvalue weighted by Crippen LogP contribution is 2.20. The van der Waals surface area contributed by atoms with Crippen LogP contribution < -0.4 is 10.1 Å². The largest absolute Gasteiger partial charge is 0.484 e. The van der Waals surface area contributed by atoms with Crippen LogP contribution in [0.3, 0.4) is 0 Å². The molecule has 0 fully saturated rings. The Bertz CT molecular complexity index is 608. The van der Waals surface area contributed by atoms with E-state index in [-0.39, 0.29) is 17.5 Å². The Kier molecular flexibility index (Phi) is 5.51. The molecule has 0 aliphatic rings. The van der Waals surface area contributed by atoms with E-state index >= 15 is 0 Å². The number of carbonyl (C=O) groups is 1. The molecule has 0 aliphatic heterocycles. The van der Waals surface area contributed by atoms with E-state index in [0.29, 0.717) is 18.7 Å². The lowest BCUT2D eigenvalue weighted by Gasteiger charge is -2.08. The van der Waals surface area contributed by atoms with Crippen LogP contribution in [0.25, 0.3) is 0 Å². The maximum atomic E-state index is 13.0. The van der Waals surface area contributed by atoms with Crippen LogP contribution in [0.4, 0.5) is 4.39 Å². The van der Waals surface area contributed by atoms with Crippen molar-refractivity contribution in [3.05, 3.63) is 59.1 Å². The molecule has 21 heavy (non-hydrogen) atoms. The third-order valence-electron chi connectivity index (χ3n) is 2.69. The average molecular weight is 309 g/mol. The van der Waals surface area contributed by atoms with Gasteiger partial charge >= 0.3 is 0 Å². The number of halogens is 2. The zero-order valence-electron chi connectivity index (χ0n) is 11.2. The molecule has 2 rings (SSSR count). The van der Waals surface area contributed by atoms with Gasteiger partial charge in [0, 0.05) is 30.9 Å². The molecule has 0 bridgehead atoms. The molecule has 0 saturated heterocycles. The zero-order valence-corrected chi connectivity index (χ0v) is 11.9. The van der Waals surface area contributed by atoms with Crippen molar-refractivity contribution in [1.82, 2.24) is 10.3 Å².